The van der Waals surface area contributed by atoms with Gasteiger partial charge in [0.25, 0.3) is 5.91 Å². The van der Waals surface area contributed by atoms with Gasteiger partial charge in [-0.2, -0.15) is 4.39 Å². The number of aromatic nitrogens is 1. The number of carbonyl (C=O) groups excluding carboxylic acids is 1. The van der Waals surface area contributed by atoms with E-state index < -0.39 is 23.2 Å². The van der Waals surface area contributed by atoms with E-state index in [9.17, 15) is 18.0 Å². The summed E-state index contributed by atoms with van der Waals surface area (Å²) < 4.78 is 52.2. The normalized spacial score (nSPS) is 20.1. The van der Waals surface area contributed by atoms with Crippen molar-refractivity contribution in [1.82, 2.24) is 20.5 Å². The van der Waals surface area contributed by atoms with Crippen LogP contribution in [-0.2, 0) is 17.8 Å². The lowest BCUT2D eigenvalue weighted by atomic mass is 9.86. The molecule has 3 heterocycles. The first-order valence-electron chi connectivity index (χ1n) is 13.9. The van der Waals surface area contributed by atoms with Gasteiger partial charge in [0.05, 0.1) is 28.4 Å². The van der Waals surface area contributed by atoms with Crippen LogP contribution in [0.15, 0.2) is 46.6 Å². The molecule has 7 nitrogen and oxygen atoms in total. The molecule has 1 saturated heterocycles. The SMILES string of the molecule is O=C(C1=C(c2nc(CCCOc3c(F)ccc(F)c3F)co2)CC2CNC[C@H]1N2)N(Cc1cccc(Cl)c1Cl)C1CC1. The van der Waals surface area contributed by atoms with Crippen molar-refractivity contribution in [2.45, 2.75) is 56.8 Å². The maximum atomic E-state index is 14.2. The van der Waals surface area contributed by atoms with E-state index in [-0.39, 0.29) is 30.6 Å². The summed E-state index contributed by atoms with van der Waals surface area (Å²) in [6, 6.07) is 6.98. The Balaban J connectivity index is 1.21. The molecule has 1 saturated carbocycles. The van der Waals surface area contributed by atoms with E-state index in [1.807, 2.05) is 17.0 Å². The van der Waals surface area contributed by atoms with Crippen LogP contribution in [-0.4, -0.2) is 53.6 Å². The number of ether oxygens (including phenoxy) is 1. The molecule has 2 aromatic carbocycles. The molecular formula is C30H29Cl2F3N4O3. The second kappa shape index (κ2) is 12.3. The third kappa shape index (κ3) is 6.04. The molecule has 12 heteroatoms. The molecule has 2 aliphatic heterocycles. The first-order chi connectivity index (χ1) is 20.3. The molecule has 42 heavy (non-hydrogen) atoms. The van der Waals surface area contributed by atoms with E-state index in [2.05, 4.69) is 15.6 Å². The first-order valence-corrected chi connectivity index (χ1v) is 14.7. The van der Waals surface area contributed by atoms with Gasteiger partial charge in [-0.1, -0.05) is 35.3 Å². The summed E-state index contributed by atoms with van der Waals surface area (Å²) in [6.45, 7) is 1.64. The molecule has 1 amide bonds. The number of oxazole rings is 1. The van der Waals surface area contributed by atoms with Crippen LogP contribution >= 0.6 is 23.2 Å². The summed E-state index contributed by atoms with van der Waals surface area (Å²) in [5.74, 6) is -3.94. The number of nitrogens with zero attached hydrogens (tertiary/aromatic N) is 2. The molecule has 2 bridgehead atoms. The predicted octanol–water partition coefficient (Wildman–Crippen LogP) is 5.69. The van der Waals surface area contributed by atoms with Crippen molar-refractivity contribution in [3.8, 4) is 5.75 Å². The number of hydrogen-bond donors (Lipinski definition) is 2. The Bertz CT molecular complexity index is 1530. The van der Waals surface area contributed by atoms with Crippen molar-refractivity contribution in [2.75, 3.05) is 19.7 Å². The Kier molecular flexibility index (Phi) is 8.49. The zero-order valence-electron chi connectivity index (χ0n) is 22.6. The van der Waals surface area contributed by atoms with E-state index in [4.69, 9.17) is 32.4 Å². The molecule has 0 spiro atoms. The number of piperazine rings is 1. The summed E-state index contributed by atoms with van der Waals surface area (Å²) in [5, 5.41) is 7.87. The fourth-order valence-corrected chi connectivity index (χ4v) is 5.94. The topological polar surface area (TPSA) is 79.6 Å². The van der Waals surface area contributed by atoms with Crippen molar-refractivity contribution >= 4 is 34.7 Å². The summed E-state index contributed by atoms with van der Waals surface area (Å²) >= 11 is 12.7. The van der Waals surface area contributed by atoms with Gasteiger partial charge in [0.15, 0.2) is 17.4 Å². The van der Waals surface area contributed by atoms with Crippen LogP contribution in [0.2, 0.25) is 10.0 Å². The van der Waals surface area contributed by atoms with Crippen molar-refractivity contribution in [2.24, 2.45) is 0 Å². The maximum absolute atomic E-state index is 14.2. The Morgan fingerprint density at radius 1 is 1.12 bits per heavy atom. The van der Waals surface area contributed by atoms with Gasteiger partial charge in [-0.3, -0.25) is 4.79 Å². The number of fused-ring (bicyclic) bond motifs is 2. The van der Waals surface area contributed by atoms with Gasteiger partial charge in [0.1, 0.15) is 6.26 Å². The lowest BCUT2D eigenvalue weighted by molar-refractivity contribution is -0.128. The largest absolute Gasteiger partial charge is 0.488 e. The third-order valence-corrected chi connectivity index (χ3v) is 8.64. The fourth-order valence-electron chi connectivity index (χ4n) is 5.56. The number of carbonyl (C=O) groups is 1. The Morgan fingerprint density at radius 3 is 2.74 bits per heavy atom. The standard InChI is InChI=1S/C30H29Cl2F3N4O3/c31-21-5-1-3-16(26(21)32)14-39(19-6-7-19)30(40)25-20(11-18-12-36-13-24(25)37-18)29-38-17(15-42-29)4-2-10-41-28-23(34)9-8-22(33)27(28)35/h1,3,5,8-9,15,18-19,24,36-37H,2,4,6-7,10-14H2/t18?,24-/m1/s1. The van der Waals surface area contributed by atoms with E-state index in [0.29, 0.717) is 65.6 Å². The van der Waals surface area contributed by atoms with Crippen LogP contribution in [0, 0.1) is 17.5 Å². The number of rotatable bonds is 10. The van der Waals surface area contributed by atoms with E-state index in [0.717, 1.165) is 36.6 Å². The zero-order chi connectivity index (χ0) is 29.4. The highest BCUT2D eigenvalue weighted by Crippen LogP contribution is 2.37. The van der Waals surface area contributed by atoms with E-state index in [1.54, 1.807) is 6.07 Å². The smallest absolute Gasteiger partial charge is 0.252 e. The summed E-state index contributed by atoms with van der Waals surface area (Å²) in [4.78, 5) is 20.8. The van der Waals surface area contributed by atoms with Crippen LogP contribution < -0.4 is 15.4 Å². The maximum Gasteiger partial charge on any atom is 0.252 e. The molecule has 222 valence electrons. The highest BCUT2D eigenvalue weighted by atomic mass is 35.5. The molecule has 2 N–H and O–H groups in total. The highest BCUT2D eigenvalue weighted by Gasteiger charge is 2.42. The van der Waals surface area contributed by atoms with Gasteiger partial charge in [-0.15, -0.1) is 0 Å². The summed E-state index contributed by atoms with van der Waals surface area (Å²) in [5.41, 5.74) is 2.79. The number of amides is 1. The second-order valence-electron chi connectivity index (χ2n) is 10.8. The zero-order valence-corrected chi connectivity index (χ0v) is 24.1. The average Bonchev–Trinajstić information content (AvgIpc) is 3.71. The van der Waals surface area contributed by atoms with Gasteiger partial charge >= 0.3 is 0 Å². The Labute approximate surface area is 251 Å². The number of halogens is 5. The van der Waals surface area contributed by atoms with Crippen molar-refractivity contribution < 1.29 is 27.1 Å². The van der Waals surface area contributed by atoms with E-state index >= 15 is 0 Å². The molecule has 1 aromatic heterocycles. The van der Waals surface area contributed by atoms with Crippen molar-refractivity contribution in [3.63, 3.8) is 0 Å². The van der Waals surface area contributed by atoms with E-state index in [1.165, 1.54) is 6.26 Å². The summed E-state index contributed by atoms with van der Waals surface area (Å²) in [7, 11) is 0. The molecule has 3 aliphatic rings. The van der Waals surface area contributed by atoms with Crippen LogP contribution in [0.5, 0.6) is 5.75 Å². The van der Waals surface area contributed by atoms with Gasteiger partial charge in [0, 0.05) is 42.9 Å². The van der Waals surface area contributed by atoms with Gasteiger partial charge in [0.2, 0.25) is 11.7 Å². The summed E-state index contributed by atoms with van der Waals surface area (Å²) in [6.07, 6.45) is 4.67. The van der Waals surface area contributed by atoms with Crippen LogP contribution in [0.25, 0.3) is 5.57 Å². The minimum Gasteiger partial charge on any atom is -0.488 e. The van der Waals surface area contributed by atoms with Crippen LogP contribution in [0.3, 0.4) is 0 Å². The number of hydrogen-bond acceptors (Lipinski definition) is 6. The molecule has 0 radical (unpaired) electrons. The second-order valence-corrected chi connectivity index (χ2v) is 11.6. The van der Waals surface area contributed by atoms with Gasteiger partial charge in [-0.05, 0) is 55.9 Å². The fraction of sp³-hybridized carbons (Fsp3) is 0.400. The van der Waals surface area contributed by atoms with Crippen molar-refractivity contribution in [1.29, 1.82) is 0 Å². The first kappa shape index (κ1) is 29.0. The molecular weight excluding hydrogens is 592 g/mol. The Hall–Kier alpha value is -3.05. The molecule has 1 unspecified atom stereocenters. The molecule has 3 aromatic rings. The molecule has 2 atom stereocenters. The molecule has 1 aliphatic carbocycles. The van der Waals surface area contributed by atoms with Crippen LogP contribution in [0.4, 0.5) is 13.2 Å². The minimum atomic E-state index is -1.35. The van der Waals surface area contributed by atoms with Gasteiger partial charge < -0.3 is 24.7 Å². The predicted molar refractivity (Wildman–Crippen MR) is 152 cm³/mol. The lowest BCUT2D eigenvalue weighted by Gasteiger charge is -2.40. The number of benzene rings is 2. The average molecular weight is 621 g/mol. The lowest BCUT2D eigenvalue weighted by Crippen LogP contribution is -2.60. The molecule has 2 fully saturated rings. The quantitative estimate of drug-likeness (QED) is 0.224. The van der Waals surface area contributed by atoms with Crippen LogP contribution in [0.1, 0.15) is 42.8 Å². The number of nitrogens with one attached hydrogen (secondary N) is 2. The molecule has 6 rings (SSSR count). The van der Waals surface area contributed by atoms with Crippen molar-refractivity contribution in [3.05, 3.63) is 86.8 Å². The minimum absolute atomic E-state index is 0.0476. The third-order valence-electron chi connectivity index (χ3n) is 7.79. The highest BCUT2D eigenvalue weighted by molar-refractivity contribution is 6.42. The van der Waals surface area contributed by atoms with Gasteiger partial charge in [-0.25, -0.2) is 13.8 Å². The number of aryl methyl sites for hydroxylation is 1. The monoisotopic (exact) mass is 620 g/mol. The Morgan fingerprint density at radius 2 is 1.93 bits per heavy atom.